The molecule has 1 amide bonds. The van der Waals surface area contributed by atoms with Crippen LogP contribution in [0.1, 0.15) is 23.8 Å². The molecule has 106 valence electrons. The lowest BCUT2D eigenvalue weighted by Crippen LogP contribution is -2.28. The zero-order chi connectivity index (χ0) is 14.7. The summed E-state index contributed by atoms with van der Waals surface area (Å²) in [6.07, 6.45) is 2.65. The van der Waals surface area contributed by atoms with Gasteiger partial charge in [0.05, 0.1) is 5.69 Å². The molecule has 0 aliphatic heterocycles. The molecule has 0 saturated heterocycles. The number of rotatable bonds is 4. The third-order valence-electron chi connectivity index (χ3n) is 3.10. The van der Waals surface area contributed by atoms with Gasteiger partial charge in [0.1, 0.15) is 11.5 Å². The lowest BCUT2D eigenvalue weighted by Gasteiger charge is -2.18. The number of halogens is 1. The Bertz CT molecular complexity index is 621. The van der Waals surface area contributed by atoms with Crippen LogP contribution in [-0.2, 0) is 6.54 Å². The highest BCUT2D eigenvalue weighted by molar-refractivity contribution is 6.05. The largest absolute Gasteiger partial charge is 0.397 e. The Hall–Kier alpha value is -2.30. The van der Waals surface area contributed by atoms with Gasteiger partial charge >= 0.3 is 0 Å². The molecule has 1 heterocycles. The molecule has 0 aliphatic carbocycles. The summed E-state index contributed by atoms with van der Waals surface area (Å²) in [4.78, 5) is 13.9. The molecule has 2 aromatic rings. The number of aromatic nitrogens is 1. The van der Waals surface area contributed by atoms with Crippen molar-refractivity contribution in [2.45, 2.75) is 19.9 Å². The maximum atomic E-state index is 13.2. The number of nitrogens with zero attached hydrogens (tertiary/aromatic N) is 2. The van der Waals surface area contributed by atoms with Crippen LogP contribution in [0.4, 0.5) is 15.8 Å². The zero-order valence-corrected chi connectivity index (χ0v) is 11.6. The Morgan fingerprint density at radius 2 is 2.15 bits per heavy atom. The summed E-state index contributed by atoms with van der Waals surface area (Å²) in [6, 6.07) is 7.59. The number of hydrogen-bond acceptors (Lipinski definition) is 2. The Morgan fingerprint density at radius 3 is 2.80 bits per heavy atom. The van der Waals surface area contributed by atoms with Gasteiger partial charge in [0.15, 0.2) is 0 Å². The summed E-state index contributed by atoms with van der Waals surface area (Å²) < 4.78 is 15.1. The van der Waals surface area contributed by atoms with Crippen molar-refractivity contribution in [3.05, 3.63) is 48.0 Å². The fourth-order valence-electron chi connectivity index (χ4n) is 2.11. The second-order valence-electron chi connectivity index (χ2n) is 4.70. The lowest BCUT2D eigenvalue weighted by atomic mass is 10.2. The quantitative estimate of drug-likeness (QED) is 0.932. The molecule has 0 saturated carbocycles. The minimum absolute atomic E-state index is 0.208. The van der Waals surface area contributed by atoms with E-state index in [0.717, 1.165) is 13.0 Å². The number of carbonyl (C=O) groups excluding carboxylic acids is 1. The van der Waals surface area contributed by atoms with Crippen LogP contribution in [-0.4, -0.2) is 17.5 Å². The molecule has 0 unspecified atom stereocenters. The highest BCUT2D eigenvalue weighted by Crippen LogP contribution is 2.19. The van der Waals surface area contributed by atoms with Gasteiger partial charge in [-0.15, -0.1) is 0 Å². The molecule has 0 fully saturated rings. The molecule has 2 N–H and O–H groups in total. The molecule has 0 bridgehead atoms. The maximum Gasteiger partial charge on any atom is 0.274 e. The molecular weight excluding hydrogens is 257 g/mol. The first kappa shape index (κ1) is 14.1. The SMILES string of the molecule is CCCn1cc(N)cc1C(=O)N(C)c1cccc(F)c1. The Morgan fingerprint density at radius 1 is 1.40 bits per heavy atom. The first-order chi connectivity index (χ1) is 9.52. The number of benzene rings is 1. The molecule has 2 rings (SSSR count). The monoisotopic (exact) mass is 275 g/mol. The molecule has 0 radical (unpaired) electrons. The Kier molecular flexibility index (Phi) is 4.08. The van der Waals surface area contributed by atoms with Crippen LogP contribution in [0.3, 0.4) is 0 Å². The van der Waals surface area contributed by atoms with Crippen LogP contribution in [0.2, 0.25) is 0 Å². The van der Waals surface area contributed by atoms with E-state index in [2.05, 4.69) is 0 Å². The summed E-state index contributed by atoms with van der Waals surface area (Å²) in [5, 5.41) is 0. The number of nitrogen functional groups attached to an aromatic ring is 1. The van der Waals surface area contributed by atoms with E-state index in [1.165, 1.54) is 17.0 Å². The number of hydrogen-bond donors (Lipinski definition) is 1. The molecule has 1 aromatic heterocycles. The average Bonchev–Trinajstić information content (AvgIpc) is 2.78. The second-order valence-corrected chi connectivity index (χ2v) is 4.70. The smallest absolute Gasteiger partial charge is 0.274 e. The van der Waals surface area contributed by atoms with Gasteiger partial charge in [-0.05, 0) is 30.7 Å². The van der Waals surface area contributed by atoms with E-state index in [9.17, 15) is 9.18 Å². The van der Waals surface area contributed by atoms with Crippen LogP contribution in [0.25, 0.3) is 0 Å². The third kappa shape index (κ3) is 2.82. The van der Waals surface area contributed by atoms with Crippen molar-refractivity contribution in [3.8, 4) is 0 Å². The van der Waals surface area contributed by atoms with Gasteiger partial charge in [0, 0.05) is 25.5 Å². The topological polar surface area (TPSA) is 51.3 Å². The molecule has 0 atom stereocenters. The first-order valence-corrected chi connectivity index (χ1v) is 6.52. The molecular formula is C15H18FN3O. The van der Waals surface area contributed by atoms with E-state index in [1.54, 1.807) is 31.4 Å². The van der Waals surface area contributed by atoms with Gasteiger partial charge < -0.3 is 15.2 Å². The average molecular weight is 275 g/mol. The molecule has 0 aliphatic rings. The van der Waals surface area contributed by atoms with Crippen molar-refractivity contribution in [2.75, 3.05) is 17.7 Å². The number of aryl methyl sites for hydroxylation is 1. The minimum Gasteiger partial charge on any atom is -0.397 e. The van der Waals surface area contributed by atoms with Gasteiger partial charge in [-0.1, -0.05) is 13.0 Å². The van der Waals surface area contributed by atoms with Gasteiger partial charge in [-0.3, -0.25) is 4.79 Å². The molecule has 20 heavy (non-hydrogen) atoms. The molecule has 0 spiro atoms. The van der Waals surface area contributed by atoms with Crippen molar-refractivity contribution < 1.29 is 9.18 Å². The van der Waals surface area contributed by atoms with Crippen molar-refractivity contribution in [3.63, 3.8) is 0 Å². The van der Waals surface area contributed by atoms with Crippen LogP contribution >= 0.6 is 0 Å². The molecule has 4 nitrogen and oxygen atoms in total. The van der Waals surface area contributed by atoms with Crippen LogP contribution < -0.4 is 10.6 Å². The van der Waals surface area contributed by atoms with Crippen molar-refractivity contribution in [1.82, 2.24) is 4.57 Å². The Balaban J connectivity index is 2.31. The maximum absolute atomic E-state index is 13.2. The van der Waals surface area contributed by atoms with Gasteiger partial charge in [-0.2, -0.15) is 0 Å². The van der Waals surface area contributed by atoms with Crippen LogP contribution in [0.5, 0.6) is 0 Å². The zero-order valence-electron chi connectivity index (χ0n) is 11.6. The number of nitrogens with two attached hydrogens (primary N) is 1. The molecule has 1 aromatic carbocycles. The first-order valence-electron chi connectivity index (χ1n) is 6.52. The Labute approximate surface area is 117 Å². The standard InChI is InChI=1S/C15H18FN3O/c1-3-7-19-10-12(17)9-14(19)15(20)18(2)13-6-4-5-11(16)8-13/h4-6,8-10H,3,7,17H2,1-2H3. The fourth-order valence-corrected chi connectivity index (χ4v) is 2.11. The fraction of sp³-hybridized carbons (Fsp3) is 0.267. The van der Waals surface area contributed by atoms with E-state index in [1.807, 2.05) is 11.5 Å². The van der Waals surface area contributed by atoms with E-state index >= 15 is 0 Å². The highest BCUT2D eigenvalue weighted by Gasteiger charge is 2.18. The van der Waals surface area contributed by atoms with E-state index in [0.29, 0.717) is 17.1 Å². The third-order valence-corrected chi connectivity index (χ3v) is 3.10. The summed E-state index contributed by atoms with van der Waals surface area (Å²) in [5.41, 5.74) is 7.33. The van der Waals surface area contributed by atoms with Crippen LogP contribution in [0, 0.1) is 5.82 Å². The molecule has 5 heteroatoms. The van der Waals surface area contributed by atoms with Crippen molar-refractivity contribution >= 4 is 17.3 Å². The van der Waals surface area contributed by atoms with Crippen LogP contribution in [0.15, 0.2) is 36.5 Å². The summed E-state index contributed by atoms with van der Waals surface area (Å²) in [5.74, 6) is -0.577. The summed E-state index contributed by atoms with van der Waals surface area (Å²) >= 11 is 0. The van der Waals surface area contributed by atoms with Gasteiger partial charge in [0.25, 0.3) is 5.91 Å². The van der Waals surface area contributed by atoms with Crippen molar-refractivity contribution in [2.24, 2.45) is 0 Å². The predicted octanol–water partition coefficient (Wildman–Crippen LogP) is 2.90. The predicted molar refractivity (Wildman–Crippen MR) is 78.3 cm³/mol. The minimum atomic E-state index is -0.370. The lowest BCUT2D eigenvalue weighted by molar-refractivity contribution is 0.0984. The second kappa shape index (κ2) is 5.77. The summed E-state index contributed by atoms with van der Waals surface area (Å²) in [7, 11) is 1.62. The van der Waals surface area contributed by atoms with Crippen molar-refractivity contribution in [1.29, 1.82) is 0 Å². The highest BCUT2D eigenvalue weighted by atomic mass is 19.1. The van der Waals surface area contributed by atoms with Gasteiger partial charge in [-0.25, -0.2) is 4.39 Å². The number of anilines is 2. The van der Waals surface area contributed by atoms with E-state index in [4.69, 9.17) is 5.73 Å². The van der Waals surface area contributed by atoms with Gasteiger partial charge in [0.2, 0.25) is 0 Å². The number of carbonyl (C=O) groups is 1. The normalized spacial score (nSPS) is 10.6. The van der Waals surface area contributed by atoms with E-state index in [-0.39, 0.29) is 11.7 Å². The van der Waals surface area contributed by atoms with E-state index < -0.39 is 0 Å². The summed E-state index contributed by atoms with van der Waals surface area (Å²) in [6.45, 7) is 2.75. The number of amides is 1.